The number of carbonyl (C=O) groups excluding carboxylic acids is 2. The minimum absolute atomic E-state index is 0. The van der Waals surface area contributed by atoms with Crippen LogP contribution in [0.1, 0.15) is 18.3 Å². The molecule has 1 unspecified atom stereocenters. The Kier molecular flexibility index (Phi) is 6.64. The summed E-state index contributed by atoms with van der Waals surface area (Å²) in [4.78, 5) is 34.6. The number of piperazine rings is 1. The number of carbonyl (C=O) groups is 2. The lowest BCUT2D eigenvalue weighted by Gasteiger charge is -2.36. The summed E-state index contributed by atoms with van der Waals surface area (Å²) in [5.74, 6) is 1.43. The molecule has 2 aliphatic heterocycles. The van der Waals surface area contributed by atoms with Crippen LogP contribution in [0.4, 0.5) is 5.69 Å². The molecule has 3 heterocycles. The van der Waals surface area contributed by atoms with Crippen LogP contribution >= 0.6 is 24.2 Å². The molecule has 1 fully saturated rings. The molecule has 4 rings (SSSR count). The molecule has 0 spiro atoms. The number of aryl methyl sites for hydroxylation is 1. The van der Waals surface area contributed by atoms with Crippen molar-refractivity contribution in [3.8, 4) is 0 Å². The Morgan fingerprint density at radius 1 is 1.36 bits per heavy atom. The quantitative estimate of drug-likeness (QED) is 0.815. The Bertz CT molecular complexity index is 858. The molecule has 28 heavy (non-hydrogen) atoms. The second kappa shape index (κ2) is 8.98. The molecule has 1 atom stereocenters. The lowest BCUT2D eigenvalue weighted by molar-refractivity contribution is -0.134. The van der Waals surface area contributed by atoms with Gasteiger partial charge in [0.2, 0.25) is 11.8 Å². The number of imidazole rings is 1. The first-order chi connectivity index (χ1) is 13.1. The number of hydrogen-bond acceptors (Lipinski definition) is 5. The number of para-hydroxylation sites is 1. The number of aromatic nitrogens is 2. The molecule has 1 aromatic carbocycles. The average Bonchev–Trinajstić information content (AvgIpc) is 3.12. The molecule has 7 nitrogen and oxygen atoms in total. The van der Waals surface area contributed by atoms with E-state index in [0.717, 1.165) is 23.0 Å². The normalized spacial score (nSPS) is 19.2. The number of amides is 2. The van der Waals surface area contributed by atoms with E-state index in [2.05, 4.69) is 10.3 Å². The first kappa shape index (κ1) is 20.7. The van der Waals surface area contributed by atoms with Crippen LogP contribution in [0.2, 0.25) is 0 Å². The van der Waals surface area contributed by atoms with E-state index in [1.807, 2.05) is 47.0 Å². The number of nitrogens with one attached hydrogen (secondary N) is 1. The maximum absolute atomic E-state index is 13.0. The van der Waals surface area contributed by atoms with Crippen LogP contribution in [0.3, 0.4) is 0 Å². The molecule has 1 saturated heterocycles. The van der Waals surface area contributed by atoms with Gasteiger partial charge in [-0.05, 0) is 12.1 Å². The zero-order valence-corrected chi connectivity index (χ0v) is 17.3. The number of anilines is 1. The third-order valence-electron chi connectivity index (χ3n) is 5.08. The highest BCUT2D eigenvalue weighted by Gasteiger charge is 2.31. The summed E-state index contributed by atoms with van der Waals surface area (Å²) in [5, 5.41) is 3.35. The van der Waals surface area contributed by atoms with Crippen molar-refractivity contribution in [3.63, 3.8) is 0 Å². The number of nitrogens with zero attached hydrogens (tertiary/aromatic N) is 4. The van der Waals surface area contributed by atoms with Gasteiger partial charge in [0.1, 0.15) is 11.9 Å². The molecular formula is C19H24ClN5O2S. The Labute approximate surface area is 174 Å². The monoisotopic (exact) mass is 421 g/mol. The fourth-order valence-corrected chi connectivity index (χ4v) is 4.62. The minimum Gasteiger partial charge on any atom is -0.336 e. The molecule has 0 radical (unpaired) electrons. The SMILES string of the molecule is Cl.Cn1ccnc1C1CNCCN1C(=O)CCN1C(=O)CSc2ccccc21. The van der Waals surface area contributed by atoms with Crippen LogP contribution in [-0.4, -0.2) is 58.2 Å². The van der Waals surface area contributed by atoms with Gasteiger partial charge < -0.3 is 19.7 Å². The molecular weight excluding hydrogens is 398 g/mol. The highest BCUT2D eigenvalue weighted by atomic mass is 35.5. The van der Waals surface area contributed by atoms with Gasteiger partial charge in [0.05, 0.1) is 11.4 Å². The van der Waals surface area contributed by atoms with Gasteiger partial charge in [-0.3, -0.25) is 9.59 Å². The second-order valence-corrected chi connectivity index (χ2v) is 7.77. The van der Waals surface area contributed by atoms with Gasteiger partial charge in [0.25, 0.3) is 0 Å². The van der Waals surface area contributed by atoms with Gasteiger partial charge in [0.15, 0.2) is 0 Å². The van der Waals surface area contributed by atoms with Gasteiger partial charge in [-0.2, -0.15) is 0 Å². The molecule has 2 aliphatic rings. The van der Waals surface area contributed by atoms with Crippen molar-refractivity contribution in [2.24, 2.45) is 7.05 Å². The van der Waals surface area contributed by atoms with E-state index in [-0.39, 0.29) is 30.3 Å². The lowest BCUT2D eigenvalue weighted by atomic mass is 10.1. The third-order valence-corrected chi connectivity index (χ3v) is 6.13. The summed E-state index contributed by atoms with van der Waals surface area (Å²) in [7, 11) is 1.95. The van der Waals surface area contributed by atoms with Crippen LogP contribution in [0.15, 0.2) is 41.6 Å². The lowest BCUT2D eigenvalue weighted by Crippen LogP contribution is -2.50. The maximum Gasteiger partial charge on any atom is 0.237 e. The number of thioether (sulfide) groups is 1. The molecule has 2 aromatic rings. The summed E-state index contributed by atoms with van der Waals surface area (Å²) in [6, 6.07) is 7.80. The van der Waals surface area contributed by atoms with E-state index < -0.39 is 0 Å². The van der Waals surface area contributed by atoms with Gasteiger partial charge in [-0.1, -0.05) is 12.1 Å². The van der Waals surface area contributed by atoms with Crippen molar-refractivity contribution >= 4 is 41.7 Å². The summed E-state index contributed by atoms with van der Waals surface area (Å²) in [5.41, 5.74) is 0.910. The molecule has 0 bridgehead atoms. The van der Waals surface area contributed by atoms with Crippen molar-refractivity contribution < 1.29 is 9.59 Å². The van der Waals surface area contributed by atoms with Crippen molar-refractivity contribution in [3.05, 3.63) is 42.5 Å². The number of fused-ring (bicyclic) bond motifs is 1. The number of rotatable bonds is 4. The smallest absolute Gasteiger partial charge is 0.237 e. The van der Waals surface area contributed by atoms with Crippen molar-refractivity contribution in [1.82, 2.24) is 19.8 Å². The maximum atomic E-state index is 13.0. The summed E-state index contributed by atoms with van der Waals surface area (Å²) >= 11 is 1.56. The third kappa shape index (κ3) is 4.04. The van der Waals surface area contributed by atoms with E-state index in [9.17, 15) is 9.59 Å². The number of halogens is 1. The molecule has 1 aromatic heterocycles. The number of benzene rings is 1. The van der Waals surface area contributed by atoms with Crippen molar-refractivity contribution in [2.45, 2.75) is 17.4 Å². The first-order valence-corrected chi connectivity index (χ1v) is 10.1. The largest absolute Gasteiger partial charge is 0.336 e. The molecule has 0 saturated carbocycles. The van der Waals surface area contributed by atoms with Crippen molar-refractivity contribution in [1.29, 1.82) is 0 Å². The van der Waals surface area contributed by atoms with E-state index in [1.54, 1.807) is 22.9 Å². The molecule has 150 valence electrons. The zero-order valence-electron chi connectivity index (χ0n) is 15.7. The van der Waals surface area contributed by atoms with Gasteiger partial charge >= 0.3 is 0 Å². The van der Waals surface area contributed by atoms with Gasteiger partial charge in [0, 0.05) is 56.9 Å². The van der Waals surface area contributed by atoms with E-state index in [1.165, 1.54) is 0 Å². The Balaban J connectivity index is 0.00000225. The van der Waals surface area contributed by atoms with E-state index in [4.69, 9.17) is 0 Å². The van der Waals surface area contributed by atoms with Gasteiger partial charge in [-0.25, -0.2) is 4.98 Å². The van der Waals surface area contributed by atoms with Crippen LogP contribution in [0, 0.1) is 0 Å². The van der Waals surface area contributed by atoms with Crippen LogP contribution in [-0.2, 0) is 16.6 Å². The van der Waals surface area contributed by atoms with Crippen molar-refractivity contribution in [2.75, 3.05) is 36.8 Å². The Morgan fingerprint density at radius 3 is 2.96 bits per heavy atom. The standard InChI is InChI=1S/C19H23N5O2S.ClH/c1-22-10-8-21-19(22)15-12-20-7-11-24(15)17(25)6-9-23-14-4-2-3-5-16(14)27-13-18(23)26;/h2-5,8,10,15,20H,6-7,9,11-13H2,1H3;1H. The number of hydrogen-bond donors (Lipinski definition) is 1. The predicted molar refractivity (Wildman–Crippen MR) is 112 cm³/mol. The molecule has 0 aliphatic carbocycles. The average molecular weight is 422 g/mol. The van der Waals surface area contributed by atoms with Crippen LogP contribution in [0.5, 0.6) is 0 Å². The van der Waals surface area contributed by atoms with Gasteiger partial charge in [-0.15, -0.1) is 24.2 Å². The molecule has 2 amide bonds. The summed E-state index contributed by atoms with van der Waals surface area (Å²) in [6.45, 7) is 2.52. The molecule has 1 N–H and O–H groups in total. The second-order valence-electron chi connectivity index (χ2n) is 6.76. The molecule has 9 heteroatoms. The predicted octanol–water partition coefficient (Wildman–Crippen LogP) is 1.84. The van der Waals surface area contributed by atoms with Crippen LogP contribution in [0.25, 0.3) is 0 Å². The highest BCUT2D eigenvalue weighted by molar-refractivity contribution is 8.00. The van der Waals surface area contributed by atoms with E-state index in [0.29, 0.717) is 31.8 Å². The highest BCUT2D eigenvalue weighted by Crippen LogP contribution is 2.35. The Morgan fingerprint density at radius 2 is 2.18 bits per heavy atom. The Hall–Kier alpha value is -2.03. The minimum atomic E-state index is -0.0776. The van der Waals surface area contributed by atoms with E-state index >= 15 is 0 Å². The summed E-state index contributed by atoms with van der Waals surface area (Å²) in [6.07, 6.45) is 3.97. The zero-order chi connectivity index (χ0) is 18.8. The fraction of sp³-hybridized carbons (Fsp3) is 0.421. The fourth-order valence-electron chi connectivity index (χ4n) is 3.68. The summed E-state index contributed by atoms with van der Waals surface area (Å²) < 4.78 is 1.96. The van der Waals surface area contributed by atoms with Crippen LogP contribution < -0.4 is 10.2 Å². The topological polar surface area (TPSA) is 70.5 Å². The first-order valence-electron chi connectivity index (χ1n) is 9.15.